The van der Waals surface area contributed by atoms with E-state index >= 15 is 0 Å². The molecule has 0 aliphatic rings. The van der Waals surface area contributed by atoms with Gasteiger partial charge in [0.1, 0.15) is 23.1 Å². The van der Waals surface area contributed by atoms with Crippen molar-refractivity contribution in [1.29, 1.82) is 0 Å². The van der Waals surface area contributed by atoms with Crippen molar-refractivity contribution in [2.45, 2.75) is 65.6 Å². The number of hydrogen-bond donors (Lipinski definition) is 0. The van der Waals surface area contributed by atoms with E-state index < -0.39 is 11.6 Å². The molecular weight excluding hydrogens is 546 g/mol. The first-order valence-corrected chi connectivity index (χ1v) is 14.3. The molecule has 9 heteroatoms. The van der Waals surface area contributed by atoms with Gasteiger partial charge in [-0.15, -0.1) is 0 Å². The highest BCUT2D eigenvalue weighted by molar-refractivity contribution is 5.78. The number of carbonyl (C=O) groups is 1. The Bertz CT molecular complexity index is 1600. The Labute approximate surface area is 253 Å². The van der Waals surface area contributed by atoms with Crippen LogP contribution in [0.1, 0.15) is 53.9 Å². The fraction of sp³-hybridized carbons (Fsp3) is 0.382. The predicted octanol–water partition coefficient (Wildman–Crippen LogP) is 5.28. The second-order valence-electron chi connectivity index (χ2n) is 11.2. The summed E-state index contributed by atoms with van der Waals surface area (Å²) >= 11 is 0. The lowest BCUT2D eigenvalue weighted by Crippen LogP contribution is -2.39. The van der Waals surface area contributed by atoms with Crippen molar-refractivity contribution in [2.24, 2.45) is 0 Å². The summed E-state index contributed by atoms with van der Waals surface area (Å²) < 4.78 is 24.9. The molecule has 0 fully saturated rings. The van der Waals surface area contributed by atoms with Crippen molar-refractivity contribution in [1.82, 2.24) is 14.3 Å². The number of nitrogens with zero attached hydrogens (tertiary/aromatic N) is 3. The summed E-state index contributed by atoms with van der Waals surface area (Å²) in [6.45, 7) is 8.18. The molecule has 1 aromatic heterocycles. The van der Waals surface area contributed by atoms with Crippen molar-refractivity contribution in [2.75, 3.05) is 21.3 Å². The molecule has 0 aliphatic carbocycles. The van der Waals surface area contributed by atoms with Crippen LogP contribution >= 0.6 is 0 Å². The van der Waals surface area contributed by atoms with Crippen molar-refractivity contribution in [3.05, 3.63) is 105 Å². The van der Waals surface area contributed by atoms with Gasteiger partial charge in [-0.2, -0.15) is 5.10 Å². The highest BCUT2D eigenvalue weighted by atomic mass is 16.6. The number of hydrogen-bond acceptors (Lipinski definition) is 7. The van der Waals surface area contributed by atoms with Crippen LogP contribution in [-0.2, 0) is 35.5 Å². The molecule has 0 N–H and O–H groups in total. The third kappa shape index (κ3) is 7.85. The Morgan fingerprint density at radius 2 is 1.49 bits per heavy atom. The molecule has 4 aromatic rings. The monoisotopic (exact) mass is 587 g/mol. The number of aromatic nitrogens is 3. The van der Waals surface area contributed by atoms with Crippen LogP contribution < -0.4 is 19.9 Å². The molecule has 9 nitrogen and oxygen atoms in total. The molecule has 43 heavy (non-hydrogen) atoms. The number of carbonyl (C=O) groups excluding carboxylic acids is 1. The van der Waals surface area contributed by atoms with Crippen LogP contribution in [0.3, 0.4) is 0 Å². The summed E-state index contributed by atoms with van der Waals surface area (Å²) in [7, 11) is 4.56. The number of aryl methyl sites for hydroxylation is 4. The molecule has 0 atom stereocenters. The zero-order chi connectivity index (χ0) is 31.1. The van der Waals surface area contributed by atoms with E-state index in [9.17, 15) is 9.59 Å². The van der Waals surface area contributed by atoms with Crippen molar-refractivity contribution < 1.29 is 23.7 Å². The molecule has 0 radical (unpaired) electrons. The summed E-state index contributed by atoms with van der Waals surface area (Å²) in [4.78, 5) is 25.7. The minimum absolute atomic E-state index is 0.165. The molecular formula is C34H41N3O6. The van der Waals surface area contributed by atoms with Gasteiger partial charge in [0.25, 0.3) is 0 Å². The summed E-state index contributed by atoms with van der Waals surface area (Å²) in [6.07, 6.45) is 2.18. The molecule has 0 saturated heterocycles. The van der Waals surface area contributed by atoms with Crippen LogP contribution in [0.4, 0.5) is 0 Å². The van der Waals surface area contributed by atoms with Crippen LogP contribution in [0.25, 0.3) is 0 Å². The first-order chi connectivity index (χ1) is 20.5. The lowest BCUT2D eigenvalue weighted by atomic mass is 10.1. The molecule has 0 spiro atoms. The highest BCUT2D eigenvalue weighted by Crippen LogP contribution is 2.26. The van der Waals surface area contributed by atoms with Gasteiger partial charge in [-0.3, -0.25) is 4.57 Å². The fourth-order valence-electron chi connectivity index (χ4n) is 5.18. The first kappa shape index (κ1) is 31.4. The Morgan fingerprint density at radius 3 is 2.12 bits per heavy atom. The number of ether oxygens (including phenoxy) is 4. The van der Waals surface area contributed by atoms with E-state index in [0.29, 0.717) is 42.6 Å². The van der Waals surface area contributed by atoms with E-state index in [1.165, 1.54) is 7.11 Å². The third-order valence-corrected chi connectivity index (χ3v) is 7.28. The number of esters is 1. The summed E-state index contributed by atoms with van der Waals surface area (Å²) in [5.74, 6) is 2.20. The van der Waals surface area contributed by atoms with Crippen molar-refractivity contribution in [3.63, 3.8) is 0 Å². The maximum absolute atomic E-state index is 13.7. The summed E-state index contributed by atoms with van der Waals surface area (Å²) in [5.41, 5.74) is 4.07. The van der Waals surface area contributed by atoms with Gasteiger partial charge in [0.15, 0.2) is 5.60 Å². The minimum atomic E-state index is -1.08. The van der Waals surface area contributed by atoms with Crippen LogP contribution in [-0.4, -0.2) is 47.2 Å². The van der Waals surface area contributed by atoms with Crippen LogP contribution in [0.15, 0.2) is 65.5 Å². The van der Waals surface area contributed by atoms with Gasteiger partial charge in [0.05, 0.1) is 34.4 Å². The second kappa shape index (κ2) is 13.6. The minimum Gasteiger partial charge on any atom is -0.497 e. The Balaban J connectivity index is 1.54. The van der Waals surface area contributed by atoms with Crippen molar-refractivity contribution >= 4 is 5.97 Å². The van der Waals surface area contributed by atoms with Gasteiger partial charge in [-0.25, -0.2) is 14.3 Å². The first-order valence-electron chi connectivity index (χ1n) is 14.3. The largest absolute Gasteiger partial charge is 0.497 e. The molecule has 0 unspecified atom stereocenters. The molecule has 0 aliphatic heterocycles. The molecule has 0 bridgehead atoms. The summed E-state index contributed by atoms with van der Waals surface area (Å²) in [5, 5.41) is 4.80. The predicted molar refractivity (Wildman–Crippen MR) is 165 cm³/mol. The smallest absolute Gasteiger partial charge is 0.349 e. The van der Waals surface area contributed by atoms with Crippen LogP contribution in [0.2, 0.25) is 0 Å². The van der Waals surface area contributed by atoms with E-state index in [0.717, 1.165) is 40.7 Å². The third-order valence-electron chi connectivity index (χ3n) is 7.28. The maximum Gasteiger partial charge on any atom is 0.349 e. The maximum atomic E-state index is 13.7. The van der Waals surface area contributed by atoms with E-state index in [2.05, 4.69) is 32.0 Å². The SMILES string of the molecule is COC(=O)C(C)(C)Oc1ccc(CCCc2nn(Cc3cc(C)cc(C)c3)c(=O)n2Cc2ccc(OC)cc2OC)cc1. The second-order valence-corrected chi connectivity index (χ2v) is 11.2. The number of rotatable bonds is 13. The van der Waals surface area contributed by atoms with Gasteiger partial charge in [0, 0.05) is 18.1 Å². The Morgan fingerprint density at radius 1 is 0.814 bits per heavy atom. The topological polar surface area (TPSA) is 93.8 Å². The van der Waals surface area contributed by atoms with E-state index in [-0.39, 0.29) is 5.69 Å². The normalized spacial score (nSPS) is 11.3. The van der Waals surface area contributed by atoms with E-state index in [1.54, 1.807) is 37.3 Å². The van der Waals surface area contributed by atoms with Gasteiger partial charge < -0.3 is 18.9 Å². The highest BCUT2D eigenvalue weighted by Gasteiger charge is 2.31. The quantitative estimate of drug-likeness (QED) is 0.197. The molecule has 228 valence electrons. The van der Waals surface area contributed by atoms with Crippen LogP contribution in [0, 0.1) is 13.8 Å². The van der Waals surface area contributed by atoms with Gasteiger partial charge in [-0.1, -0.05) is 41.5 Å². The Hall–Kier alpha value is -4.53. The molecule has 0 amide bonds. The lowest BCUT2D eigenvalue weighted by molar-refractivity contribution is -0.156. The molecule has 1 heterocycles. The van der Waals surface area contributed by atoms with Gasteiger partial charge in [0.2, 0.25) is 0 Å². The zero-order valence-corrected chi connectivity index (χ0v) is 26.1. The average molecular weight is 588 g/mol. The molecule has 0 saturated carbocycles. The number of methoxy groups -OCH3 is 3. The number of benzene rings is 3. The average Bonchev–Trinajstić information content (AvgIpc) is 3.26. The van der Waals surface area contributed by atoms with Gasteiger partial charge in [-0.05, 0) is 75.9 Å². The van der Waals surface area contributed by atoms with E-state index in [1.807, 2.05) is 42.5 Å². The van der Waals surface area contributed by atoms with Crippen molar-refractivity contribution in [3.8, 4) is 17.2 Å². The Kier molecular flexibility index (Phi) is 9.95. The standard InChI is InChI=1S/C34H41N3O6/c1-23-17-24(2)19-26(18-23)21-37-33(39)36(22-27-13-16-29(40-5)20-30(27)41-6)31(35-37)10-8-9-25-11-14-28(15-12-25)43-34(3,4)32(38)42-7/h11-20H,8-10,21-22H2,1-7H3. The van der Waals surface area contributed by atoms with Crippen LogP contribution in [0.5, 0.6) is 17.2 Å². The summed E-state index contributed by atoms with van der Waals surface area (Å²) in [6, 6.07) is 19.6. The zero-order valence-electron chi connectivity index (χ0n) is 26.1. The fourth-order valence-corrected chi connectivity index (χ4v) is 5.18. The van der Waals surface area contributed by atoms with Gasteiger partial charge >= 0.3 is 11.7 Å². The van der Waals surface area contributed by atoms with E-state index in [4.69, 9.17) is 24.0 Å². The molecule has 4 rings (SSSR count). The molecule has 3 aromatic carbocycles. The lowest BCUT2D eigenvalue weighted by Gasteiger charge is -2.23.